The van der Waals surface area contributed by atoms with Gasteiger partial charge in [-0.1, -0.05) is 32.0 Å². The third-order valence-corrected chi connectivity index (χ3v) is 4.87. The van der Waals surface area contributed by atoms with E-state index in [2.05, 4.69) is 19.2 Å². The Balaban J connectivity index is 1.86. The molecule has 2 rings (SSSR count). The lowest BCUT2D eigenvalue weighted by Gasteiger charge is -2.34. The highest BCUT2D eigenvalue weighted by atomic mass is 16.2. The van der Waals surface area contributed by atoms with Crippen LogP contribution in [0.1, 0.15) is 55.5 Å². The molecule has 0 aliphatic carbocycles. The van der Waals surface area contributed by atoms with Crippen molar-refractivity contribution in [3.05, 3.63) is 35.4 Å². The molecular formula is C19H28N2O2. The van der Waals surface area contributed by atoms with Gasteiger partial charge in [-0.25, -0.2) is 0 Å². The summed E-state index contributed by atoms with van der Waals surface area (Å²) in [7, 11) is 0. The van der Waals surface area contributed by atoms with Crippen molar-refractivity contribution in [2.45, 2.75) is 52.5 Å². The van der Waals surface area contributed by atoms with Crippen molar-refractivity contribution in [3.8, 4) is 0 Å². The van der Waals surface area contributed by atoms with Crippen LogP contribution in [0.2, 0.25) is 0 Å². The van der Waals surface area contributed by atoms with Gasteiger partial charge in [-0.05, 0) is 44.2 Å². The second kappa shape index (κ2) is 8.14. The van der Waals surface area contributed by atoms with Crippen LogP contribution in [0.5, 0.6) is 0 Å². The standard InChI is InChI=1S/C19H28N2O2/c1-4-15(5-2)19(23)21-12-10-16(11-13-21)20-18(22)17-9-7-6-8-14(17)3/h6-9,15-16H,4-5,10-13H2,1-3H3,(H,20,22). The lowest BCUT2D eigenvalue weighted by Crippen LogP contribution is -2.48. The second-order valence-corrected chi connectivity index (χ2v) is 6.40. The molecule has 1 aliphatic heterocycles. The number of benzene rings is 1. The Kier molecular flexibility index (Phi) is 6.20. The number of nitrogens with zero attached hydrogens (tertiary/aromatic N) is 1. The number of carbonyl (C=O) groups excluding carboxylic acids is 2. The molecule has 0 aromatic heterocycles. The molecule has 0 spiro atoms. The average molecular weight is 316 g/mol. The van der Waals surface area contributed by atoms with Crippen molar-refractivity contribution in [3.63, 3.8) is 0 Å². The number of hydrogen-bond donors (Lipinski definition) is 1. The Bertz CT molecular complexity index is 544. The molecule has 4 heteroatoms. The highest BCUT2D eigenvalue weighted by molar-refractivity contribution is 5.95. The van der Waals surface area contributed by atoms with Gasteiger partial charge in [0.05, 0.1) is 0 Å². The van der Waals surface area contributed by atoms with E-state index >= 15 is 0 Å². The summed E-state index contributed by atoms with van der Waals surface area (Å²) < 4.78 is 0. The van der Waals surface area contributed by atoms with Crippen LogP contribution in [0.4, 0.5) is 0 Å². The summed E-state index contributed by atoms with van der Waals surface area (Å²) in [5.74, 6) is 0.416. The van der Waals surface area contributed by atoms with E-state index in [-0.39, 0.29) is 23.8 Å². The fourth-order valence-electron chi connectivity index (χ4n) is 3.23. The summed E-state index contributed by atoms with van der Waals surface area (Å²) in [5.41, 5.74) is 1.73. The molecule has 0 unspecified atom stereocenters. The molecule has 126 valence electrons. The first-order valence-corrected chi connectivity index (χ1v) is 8.72. The summed E-state index contributed by atoms with van der Waals surface area (Å²) in [5, 5.41) is 3.12. The quantitative estimate of drug-likeness (QED) is 0.907. The zero-order chi connectivity index (χ0) is 16.8. The molecule has 1 fully saturated rings. The topological polar surface area (TPSA) is 49.4 Å². The average Bonchev–Trinajstić information content (AvgIpc) is 2.57. The van der Waals surface area contributed by atoms with Crippen molar-refractivity contribution in [1.29, 1.82) is 0 Å². The van der Waals surface area contributed by atoms with Gasteiger partial charge in [-0.15, -0.1) is 0 Å². The van der Waals surface area contributed by atoms with Gasteiger partial charge in [0.15, 0.2) is 0 Å². The summed E-state index contributed by atoms with van der Waals surface area (Å²) >= 11 is 0. The number of amides is 2. The minimum absolute atomic E-state index is 0.00660. The van der Waals surface area contributed by atoms with Gasteiger partial charge in [0.2, 0.25) is 5.91 Å². The number of rotatable bonds is 5. The third kappa shape index (κ3) is 4.34. The third-order valence-electron chi connectivity index (χ3n) is 4.87. The smallest absolute Gasteiger partial charge is 0.251 e. The zero-order valence-electron chi connectivity index (χ0n) is 14.5. The van der Waals surface area contributed by atoms with Crippen LogP contribution in [0.25, 0.3) is 0 Å². The predicted molar refractivity (Wildman–Crippen MR) is 92.3 cm³/mol. The van der Waals surface area contributed by atoms with Crippen molar-refractivity contribution in [2.75, 3.05) is 13.1 Å². The highest BCUT2D eigenvalue weighted by Gasteiger charge is 2.27. The zero-order valence-corrected chi connectivity index (χ0v) is 14.5. The van der Waals surface area contributed by atoms with E-state index in [1.807, 2.05) is 36.1 Å². The number of likely N-dealkylation sites (tertiary alicyclic amines) is 1. The van der Waals surface area contributed by atoms with Gasteiger partial charge in [-0.3, -0.25) is 9.59 Å². The fourth-order valence-corrected chi connectivity index (χ4v) is 3.23. The van der Waals surface area contributed by atoms with Gasteiger partial charge in [0.1, 0.15) is 0 Å². The molecule has 1 N–H and O–H groups in total. The lowest BCUT2D eigenvalue weighted by molar-refractivity contribution is -0.136. The van der Waals surface area contributed by atoms with E-state index in [1.54, 1.807) is 0 Å². The molecule has 0 saturated carbocycles. The molecule has 4 nitrogen and oxygen atoms in total. The highest BCUT2D eigenvalue weighted by Crippen LogP contribution is 2.18. The minimum atomic E-state index is -0.00660. The first-order chi connectivity index (χ1) is 11.1. The van der Waals surface area contributed by atoms with E-state index in [4.69, 9.17) is 0 Å². The van der Waals surface area contributed by atoms with Gasteiger partial charge in [0.25, 0.3) is 5.91 Å². The summed E-state index contributed by atoms with van der Waals surface area (Å²) in [6, 6.07) is 7.79. The van der Waals surface area contributed by atoms with Crippen LogP contribution in [0.15, 0.2) is 24.3 Å². The number of carbonyl (C=O) groups is 2. The van der Waals surface area contributed by atoms with Gasteiger partial charge >= 0.3 is 0 Å². The minimum Gasteiger partial charge on any atom is -0.349 e. The largest absolute Gasteiger partial charge is 0.349 e. The Hall–Kier alpha value is -1.84. The van der Waals surface area contributed by atoms with Crippen molar-refractivity contribution >= 4 is 11.8 Å². The Morgan fingerprint density at radius 1 is 1.17 bits per heavy atom. The van der Waals surface area contributed by atoms with Gasteiger partial charge in [-0.2, -0.15) is 0 Å². The number of hydrogen-bond acceptors (Lipinski definition) is 2. The summed E-state index contributed by atoms with van der Waals surface area (Å²) in [6.45, 7) is 7.58. The molecule has 2 amide bonds. The van der Waals surface area contributed by atoms with Crippen LogP contribution in [0, 0.1) is 12.8 Å². The predicted octanol–water partition coefficient (Wildman–Crippen LogP) is 3.15. The number of aryl methyl sites for hydroxylation is 1. The summed E-state index contributed by atoms with van der Waals surface area (Å²) in [6.07, 6.45) is 3.48. The van der Waals surface area contributed by atoms with Crippen molar-refractivity contribution in [1.82, 2.24) is 10.2 Å². The molecule has 0 bridgehead atoms. The molecule has 1 saturated heterocycles. The maximum Gasteiger partial charge on any atom is 0.251 e. The Labute approximate surface area is 139 Å². The second-order valence-electron chi connectivity index (χ2n) is 6.40. The number of piperidine rings is 1. The van der Waals surface area contributed by atoms with E-state index in [9.17, 15) is 9.59 Å². The van der Waals surface area contributed by atoms with Gasteiger partial charge < -0.3 is 10.2 Å². The van der Waals surface area contributed by atoms with Gasteiger partial charge in [0, 0.05) is 30.6 Å². The molecule has 23 heavy (non-hydrogen) atoms. The monoisotopic (exact) mass is 316 g/mol. The molecule has 1 heterocycles. The van der Waals surface area contributed by atoms with Crippen LogP contribution in [0.3, 0.4) is 0 Å². The van der Waals surface area contributed by atoms with E-state index in [1.165, 1.54) is 0 Å². The molecule has 1 aromatic rings. The maximum atomic E-state index is 12.4. The normalized spacial score (nSPS) is 15.7. The molecular weight excluding hydrogens is 288 g/mol. The SMILES string of the molecule is CCC(CC)C(=O)N1CCC(NC(=O)c2ccccc2C)CC1. The summed E-state index contributed by atoms with van der Waals surface area (Å²) in [4.78, 5) is 26.7. The Morgan fingerprint density at radius 3 is 2.35 bits per heavy atom. The first kappa shape index (κ1) is 17.5. The fraction of sp³-hybridized carbons (Fsp3) is 0.579. The van der Waals surface area contributed by atoms with Crippen LogP contribution < -0.4 is 5.32 Å². The van der Waals surface area contributed by atoms with E-state index < -0.39 is 0 Å². The van der Waals surface area contributed by atoms with Crippen LogP contribution >= 0.6 is 0 Å². The molecule has 1 aliphatic rings. The Morgan fingerprint density at radius 2 is 1.78 bits per heavy atom. The van der Waals surface area contributed by atoms with Crippen LogP contribution in [-0.4, -0.2) is 35.8 Å². The number of nitrogens with one attached hydrogen (secondary N) is 1. The molecule has 0 radical (unpaired) electrons. The molecule has 1 aromatic carbocycles. The first-order valence-electron chi connectivity index (χ1n) is 8.72. The molecule has 0 atom stereocenters. The maximum absolute atomic E-state index is 12.4. The lowest BCUT2D eigenvalue weighted by atomic mass is 9.98. The van der Waals surface area contributed by atoms with Crippen molar-refractivity contribution in [2.24, 2.45) is 5.92 Å². The van der Waals surface area contributed by atoms with E-state index in [0.29, 0.717) is 0 Å². The van der Waals surface area contributed by atoms with Crippen molar-refractivity contribution < 1.29 is 9.59 Å². The van der Waals surface area contributed by atoms with E-state index in [0.717, 1.165) is 49.9 Å². The van der Waals surface area contributed by atoms with Crippen LogP contribution in [-0.2, 0) is 4.79 Å².